The van der Waals surface area contributed by atoms with Crippen molar-refractivity contribution < 1.29 is 14.4 Å². The van der Waals surface area contributed by atoms with Crippen LogP contribution in [0.25, 0.3) is 10.8 Å². The van der Waals surface area contributed by atoms with Gasteiger partial charge in [-0.15, -0.1) is 0 Å². The van der Waals surface area contributed by atoms with Crippen molar-refractivity contribution in [3.05, 3.63) is 78.1 Å². The van der Waals surface area contributed by atoms with Crippen LogP contribution in [-0.4, -0.2) is 34.3 Å². The molecule has 7 nitrogen and oxygen atoms in total. The predicted molar refractivity (Wildman–Crippen MR) is 108 cm³/mol. The second kappa shape index (κ2) is 7.35. The summed E-state index contributed by atoms with van der Waals surface area (Å²) in [5.74, 6) is -0.882. The summed E-state index contributed by atoms with van der Waals surface area (Å²) in [6.07, 6.45) is 1.63. The van der Waals surface area contributed by atoms with E-state index >= 15 is 0 Å². The molecule has 2 aromatic carbocycles. The number of nitrogens with zero attached hydrogens (tertiary/aromatic N) is 2. The fraction of sp³-hybridized carbons (Fsp3) is 0.182. The molecule has 4 rings (SSSR count). The minimum absolute atomic E-state index is 0.227. The highest BCUT2D eigenvalue weighted by Gasteiger charge is 2.49. The van der Waals surface area contributed by atoms with Gasteiger partial charge in [-0.1, -0.05) is 42.5 Å². The van der Waals surface area contributed by atoms with E-state index in [1.807, 2.05) is 48.5 Å². The fourth-order valence-corrected chi connectivity index (χ4v) is 3.43. The average molecular weight is 388 g/mol. The van der Waals surface area contributed by atoms with Crippen LogP contribution in [0.5, 0.6) is 0 Å². The normalized spacial score (nSPS) is 18.7. The van der Waals surface area contributed by atoms with Crippen molar-refractivity contribution in [2.45, 2.75) is 19.0 Å². The van der Waals surface area contributed by atoms with Crippen LogP contribution in [0.15, 0.2) is 66.9 Å². The lowest BCUT2D eigenvalue weighted by atomic mass is 9.90. The number of amides is 4. The highest BCUT2D eigenvalue weighted by atomic mass is 16.2. The van der Waals surface area contributed by atoms with Crippen LogP contribution < -0.4 is 10.6 Å². The monoisotopic (exact) mass is 388 g/mol. The summed E-state index contributed by atoms with van der Waals surface area (Å²) in [6, 6.07) is 18.2. The molecule has 3 aromatic rings. The van der Waals surface area contributed by atoms with Gasteiger partial charge in [0.2, 0.25) is 5.91 Å². The molecule has 0 spiro atoms. The first-order chi connectivity index (χ1) is 14.0. The lowest BCUT2D eigenvalue weighted by Gasteiger charge is -2.22. The highest BCUT2D eigenvalue weighted by Crippen LogP contribution is 2.30. The molecule has 2 heterocycles. The van der Waals surface area contributed by atoms with Crippen LogP contribution in [0, 0.1) is 0 Å². The van der Waals surface area contributed by atoms with Gasteiger partial charge in [-0.3, -0.25) is 19.5 Å². The Balaban J connectivity index is 1.49. The van der Waals surface area contributed by atoms with Crippen LogP contribution in [-0.2, 0) is 21.7 Å². The summed E-state index contributed by atoms with van der Waals surface area (Å²) >= 11 is 0. The Morgan fingerprint density at radius 1 is 1.07 bits per heavy atom. The predicted octanol–water partition coefficient (Wildman–Crippen LogP) is 2.32. The van der Waals surface area contributed by atoms with Gasteiger partial charge in [0, 0.05) is 6.20 Å². The Morgan fingerprint density at radius 3 is 2.59 bits per heavy atom. The standard InChI is InChI=1S/C22H20N4O3/c1-22(17-10-9-15-6-2-3-7-16(15)12-17)20(28)26(21(29)25-22)14-19(27)24-13-18-8-4-5-11-23-18/h2-12H,13-14H2,1H3,(H,24,27)(H,25,29)/t22-/m1/s1. The molecule has 1 aromatic heterocycles. The van der Waals surface area contributed by atoms with Crippen LogP contribution in [0.4, 0.5) is 4.79 Å². The molecular formula is C22H20N4O3. The Kier molecular flexibility index (Phi) is 4.72. The van der Waals surface area contributed by atoms with Gasteiger partial charge in [-0.25, -0.2) is 4.79 Å². The SMILES string of the molecule is C[C@]1(c2ccc3ccccc3c2)NC(=O)N(CC(=O)NCc2ccccn2)C1=O. The maximum absolute atomic E-state index is 13.0. The highest BCUT2D eigenvalue weighted by molar-refractivity contribution is 6.09. The van der Waals surface area contributed by atoms with Gasteiger partial charge in [-0.2, -0.15) is 0 Å². The lowest BCUT2D eigenvalue weighted by Crippen LogP contribution is -2.43. The van der Waals surface area contributed by atoms with E-state index in [1.54, 1.807) is 25.3 Å². The van der Waals surface area contributed by atoms with Crippen molar-refractivity contribution in [3.63, 3.8) is 0 Å². The molecule has 1 fully saturated rings. The van der Waals surface area contributed by atoms with E-state index in [2.05, 4.69) is 15.6 Å². The van der Waals surface area contributed by atoms with Crippen molar-refractivity contribution >= 4 is 28.6 Å². The first-order valence-corrected chi connectivity index (χ1v) is 9.27. The van der Waals surface area contributed by atoms with Crippen molar-refractivity contribution in [2.75, 3.05) is 6.54 Å². The summed E-state index contributed by atoms with van der Waals surface area (Å²) in [5.41, 5.74) is 0.146. The van der Waals surface area contributed by atoms with Crippen molar-refractivity contribution in [2.24, 2.45) is 0 Å². The zero-order valence-corrected chi connectivity index (χ0v) is 15.9. The summed E-state index contributed by atoms with van der Waals surface area (Å²) in [7, 11) is 0. The van der Waals surface area contributed by atoms with Crippen molar-refractivity contribution in [1.82, 2.24) is 20.5 Å². The average Bonchev–Trinajstić information content (AvgIpc) is 2.96. The number of benzene rings is 2. The largest absolute Gasteiger partial charge is 0.349 e. The lowest BCUT2D eigenvalue weighted by molar-refractivity contribution is -0.134. The molecule has 7 heteroatoms. The van der Waals surface area contributed by atoms with E-state index in [-0.39, 0.29) is 13.1 Å². The molecule has 0 saturated carbocycles. The number of hydrogen-bond donors (Lipinski definition) is 2. The van der Waals surface area contributed by atoms with Gasteiger partial charge in [0.25, 0.3) is 5.91 Å². The number of carbonyl (C=O) groups excluding carboxylic acids is 3. The Labute approximate surface area is 167 Å². The van der Waals surface area contributed by atoms with E-state index in [9.17, 15) is 14.4 Å². The minimum Gasteiger partial charge on any atom is -0.349 e. The molecule has 1 aliphatic heterocycles. The third-order valence-corrected chi connectivity index (χ3v) is 5.10. The molecule has 0 bridgehead atoms. The van der Waals surface area contributed by atoms with Crippen LogP contribution in [0.3, 0.4) is 0 Å². The van der Waals surface area contributed by atoms with Gasteiger partial charge >= 0.3 is 6.03 Å². The molecule has 1 atom stereocenters. The number of urea groups is 1. The van der Waals surface area contributed by atoms with Crippen molar-refractivity contribution in [1.29, 1.82) is 0 Å². The molecule has 4 amide bonds. The van der Waals surface area contributed by atoms with Gasteiger partial charge in [-0.05, 0) is 41.5 Å². The molecule has 146 valence electrons. The Morgan fingerprint density at radius 2 is 1.83 bits per heavy atom. The van der Waals surface area contributed by atoms with E-state index in [0.29, 0.717) is 11.3 Å². The number of hydrogen-bond acceptors (Lipinski definition) is 4. The molecule has 0 aliphatic carbocycles. The first-order valence-electron chi connectivity index (χ1n) is 9.27. The second-order valence-electron chi connectivity index (χ2n) is 7.11. The maximum atomic E-state index is 13.0. The number of imide groups is 1. The van der Waals surface area contributed by atoms with Gasteiger partial charge in [0.1, 0.15) is 12.1 Å². The van der Waals surface area contributed by atoms with E-state index in [4.69, 9.17) is 0 Å². The van der Waals surface area contributed by atoms with Crippen molar-refractivity contribution in [3.8, 4) is 0 Å². The summed E-state index contributed by atoms with van der Waals surface area (Å²) in [4.78, 5) is 42.8. The number of rotatable bonds is 5. The smallest absolute Gasteiger partial charge is 0.325 e. The molecular weight excluding hydrogens is 368 g/mol. The topological polar surface area (TPSA) is 91.4 Å². The number of carbonyl (C=O) groups is 3. The minimum atomic E-state index is -1.22. The number of fused-ring (bicyclic) bond motifs is 1. The van der Waals surface area contributed by atoms with E-state index in [1.165, 1.54) is 0 Å². The summed E-state index contributed by atoms with van der Waals surface area (Å²) in [5, 5.41) is 7.43. The molecule has 0 unspecified atom stereocenters. The maximum Gasteiger partial charge on any atom is 0.325 e. The van der Waals surface area contributed by atoms with Crippen LogP contribution in [0.1, 0.15) is 18.2 Å². The summed E-state index contributed by atoms with van der Waals surface area (Å²) in [6.45, 7) is 1.54. The number of pyridine rings is 1. The quantitative estimate of drug-likeness (QED) is 0.656. The number of aromatic nitrogens is 1. The molecule has 1 aliphatic rings. The molecule has 2 N–H and O–H groups in total. The molecule has 29 heavy (non-hydrogen) atoms. The second-order valence-corrected chi connectivity index (χ2v) is 7.11. The van der Waals surface area contributed by atoms with Gasteiger partial charge in [0.05, 0.1) is 12.2 Å². The first kappa shape index (κ1) is 18.6. The Bertz CT molecular complexity index is 1100. The molecule has 1 saturated heterocycles. The van der Waals surface area contributed by atoms with Crippen LogP contribution >= 0.6 is 0 Å². The Hall–Kier alpha value is -3.74. The van der Waals surface area contributed by atoms with E-state index < -0.39 is 23.4 Å². The molecule has 0 radical (unpaired) electrons. The number of nitrogens with one attached hydrogen (secondary N) is 2. The summed E-state index contributed by atoms with van der Waals surface area (Å²) < 4.78 is 0. The zero-order valence-electron chi connectivity index (χ0n) is 15.9. The zero-order chi connectivity index (χ0) is 20.4. The third-order valence-electron chi connectivity index (χ3n) is 5.10. The third kappa shape index (κ3) is 3.54. The van der Waals surface area contributed by atoms with E-state index in [0.717, 1.165) is 15.7 Å². The van der Waals surface area contributed by atoms with Gasteiger partial charge < -0.3 is 10.6 Å². The van der Waals surface area contributed by atoms with Crippen LogP contribution in [0.2, 0.25) is 0 Å². The van der Waals surface area contributed by atoms with Gasteiger partial charge in [0.15, 0.2) is 0 Å². The fourth-order valence-electron chi connectivity index (χ4n) is 3.43.